The molecule has 0 unspecified atom stereocenters. The number of carbonyl (C=O) groups excluding carboxylic acids is 1. The zero-order valence-corrected chi connectivity index (χ0v) is 14.0. The van der Waals surface area contributed by atoms with Crippen LogP contribution in [-0.2, 0) is 4.79 Å². The fraction of sp³-hybridized carbons (Fsp3) is 0.588. The molecule has 0 radical (unpaired) electrons. The Labute approximate surface area is 138 Å². The number of hydrogen-bond acceptors (Lipinski definition) is 5. The third-order valence-corrected chi connectivity index (χ3v) is 3.83. The van der Waals surface area contributed by atoms with Crippen LogP contribution in [0, 0.1) is 0 Å². The Hall–Kier alpha value is -1.63. The monoisotopic (exact) mass is 321 g/mol. The van der Waals surface area contributed by atoms with E-state index in [2.05, 4.69) is 4.90 Å². The molecule has 1 aromatic rings. The molecule has 1 N–H and O–H groups in total. The van der Waals surface area contributed by atoms with Gasteiger partial charge in [0.1, 0.15) is 18.5 Å². The van der Waals surface area contributed by atoms with E-state index < -0.39 is 6.10 Å². The maximum atomic E-state index is 12.0. The normalized spacial score (nSPS) is 17.3. The summed E-state index contributed by atoms with van der Waals surface area (Å²) in [5.74, 6) is 0.938. The largest absolute Gasteiger partial charge is 0.491 e. The molecular weight excluding hydrogens is 294 g/mol. The average Bonchev–Trinajstić information content (AvgIpc) is 2.54. The fourth-order valence-electron chi connectivity index (χ4n) is 2.61. The number of β-amino-alcohol motifs (C(OH)–C–C–N with tert-alkyl or cyclic N) is 1. The van der Waals surface area contributed by atoms with Crippen molar-refractivity contribution in [3.8, 4) is 5.75 Å². The van der Waals surface area contributed by atoms with E-state index in [4.69, 9.17) is 4.74 Å². The summed E-state index contributed by atoms with van der Waals surface area (Å²) < 4.78 is 5.57. The standard InChI is InChI=1S/C17H27N3O3/c1-18(2)13-17(22)20-10-8-19(9-11-20)12-15(21)14-23-16-6-4-3-5-7-16/h3-7,15,21H,8-14H2,1-2H3/t15-/m0/s1. The molecule has 1 fully saturated rings. The van der Waals surface area contributed by atoms with Gasteiger partial charge in [0.25, 0.3) is 0 Å². The Morgan fingerprint density at radius 1 is 1.22 bits per heavy atom. The summed E-state index contributed by atoms with van der Waals surface area (Å²) in [4.78, 5) is 18.0. The van der Waals surface area contributed by atoms with Gasteiger partial charge in [0, 0.05) is 32.7 Å². The Morgan fingerprint density at radius 3 is 2.48 bits per heavy atom. The molecule has 1 aliphatic rings. The highest BCUT2D eigenvalue weighted by Crippen LogP contribution is 2.09. The summed E-state index contributed by atoms with van der Waals surface area (Å²) >= 11 is 0. The molecule has 1 saturated heterocycles. The second kappa shape index (κ2) is 8.86. The molecule has 0 saturated carbocycles. The maximum absolute atomic E-state index is 12.0. The summed E-state index contributed by atoms with van der Waals surface area (Å²) in [6, 6.07) is 9.50. The highest BCUT2D eigenvalue weighted by molar-refractivity contribution is 5.78. The lowest BCUT2D eigenvalue weighted by molar-refractivity contribution is -0.133. The van der Waals surface area contributed by atoms with Crippen LogP contribution in [0.25, 0.3) is 0 Å². The van der Waals surface area contributed by atoms with Gasteiger partial charge in [-0.15, -0.1) is 0 Å². The summed E-state index contributed by atoms with van der Waals surface area (Å²) in [5.41, 5.74) is 0. The Bertz CT molecular complexity index is 473. The van der Waals surface area contributed by atoms with Crippen LogP contribution in [0.1, 0.15) is 0 Å². The first kappa shape index (κ1) is 17.7. The van der Waals surface area contributed by atoms with Crippen LogP contribution in [0.3, 0.4) is 0 Å². The molecule has 0 bridgehead atoms. The number of aliphatic hydroxyl groups excluding tert-OH is 1. The molecule has 6 heteroatoms. The highest BCUT2D eigenvalue weighted by atomic mass is 16.5. The van der Waals surface area contributed by atoms with Crippen molar-refractivity contribution >= 4 is 5.91 Å². The van der Waals surface area contributed by atoms with Crippen LogP contribution in [0.4, 0.5) is 0 Å². The number of carbonyl (C=O) groups is 1. The highest BCUT2D eigenvalue weighted by Gasteiger charge is 2.22. The second-order valence-electron chi connectivity index (χ2n) is 6.20. The second-order valence-corrected chi connectivity index (χ2v) is 6.20. The van der Waals surface area contributed by atoms with Crippen molar-refractivity contribution in [1.29, 1.82) is 0 Å². The molecule has 128 valence electrons. The predicted molar refractivity (Wildman–Crippen MR) is 89.5 cm³/mol. The number of amides is 1. The molecule has 1 atom stereocenters. The van der Waals surface area contributed by atoms with E-state index in [0.29, 0.717) is 13.1 Å². The number of para-hydroxylation sites is 1. The van der Waals surface area contributed by atoms with Crippen molar-refractivity contribution in [3.05, 3.63) is 30.3 Å². The van der Waals surface area contributed by atoms with Crippen molar-refractivity contribution in [1.82, 2.24) is 14.7 Å². The summed E-state index contributed by atoms with van der Waals surface area (Å²) in [5, 5.41) is 10.1. The predicted octanol–water partition coefficient (Wildman–Crippen LogP) is 0.132. The van der Waals surface area contributed by atoms with Crippen molar-refractivity contribution in [2.24, 2.45) is 0 Å². The van der Waals surface area contributed by atoms with Gasteiger partial charge in [0.15, 0.2) is 0 Å². The number of likely N-dealkylation sites (N-methyl/N-ethyl adjacent to an activating group) is 1. The van der Waals surface area contributed by atoms with Crippen LogP contribution in [0.5, 0.6) is 5.75 Å². The van der Waals surface area contributed by atoms with Gasteiger partial charge in [-0.3, -0.25) is 9.69 Å². The first-order valence-electron chi connectivity index (χ1n) is 8.05. The fourth-order valence-corrected chi connectivity index (χ4v) is 2.61. The van der Waals surface area contributed by atoms with Crippen molar-refractivity contribution < 1.29 is 14.6 Å². The van der Waals surface area contributed by atoms with Crippen LogP contribution in [0.2, 0.25) is 0 Å². The third-order valence-electron chi connectivity index (χ3n) is 3.83. The number of benzene rings is 1. The molecule has 6 nitrogen and oxygen atoms in total. The maximum Gasteiger partial charge on any atom is 0.236 e. The first-order chi connectivity index (χ1) is 11.0. The van der Waals surface area contributed by atoms with Gasteiger partial charge in [-0.25, -0.2) is 0 Å². The first-order valence-corrected chi connectivity index (χ1v) is 8.05. The topological polar surface area (TPSA) is 56.3 Å². The smallest absolute Gasteiger partial charge is 0.236 e. The number of nitrogens with zero attached hydrogens (tertiary/aromatic N) is 3. The number of aliphatic hydroxyl groups is 1. The minimum atomic E-state index is -0.528. The minimum Gasteiger partial charge on any atom is -0.491 e. The van der Waals surface area contributed by atoms with Gasteiger partial charge in [0.2, 0.25) is 5.91 Å². The van der Waals surface area contributed by atoms with Crippen molar-refractivity contribution in [3.63, 3.8) is 0 Å². The Balaban J connectivity index is 1.66. The van der Waals surface area contributed by atoms with E-state index in [1.165, 1.54) is 0 Å². The Kier molecular flexibility index (Phi) is 6.83. The van der Waals surface area contributed by atoms with Crippen LogP contribution in [0.15, 0.2) is 30.3 Å². The van der Waals surface area contributed by atoms with Gasteiger partial charge in [-0.2, -0.15) is 0 Å². The lowest BCUT2D eigenvalue weighted by atomic mass is 10.2. The summed E-state index contributed by atoms with van der Waals surface area (Å²) in [6.45, 7) is 4.33. The van der Waals surface area contributed by atoms with Crippen molar-refractivity contribution in [2.45, 2.75) is 6.10 Å². The molecule has 0 aliphatic carbocycles. The van der Waals surface area contributed by atoms with Gasteiger partial charge in [-0.1, -0.05) is 18.2 Å². The molecule has 1 amide bonds. The van der Waals surface area contributed by atoms with E-state index in [0.717, 1.165) is 31.9 Å². The lowest BCUT2D eigenvalue weighted by Gasteiger charge is -2.36. The molecule has 0 spiro atoms. The van der Waals surface area contributed by atoms with Gasteiger partial charge in [0.05, 0.1) is 6.54 Å². The van der Waals surface area contributed by atoms with Gasteiger partial charge >= 0.3 is 0 Å². The van der Waals surface area contributed by atoms with E-state index >= 15 is 0 Å². The van der Waals surface area contributed by atoms with Gasteiger partial charge in [-0.05, 0) is 26.2 Å². The van der Waals surface area contributed by atoms with Crippen LogP contribution in [-0.4, -0.2) is 91.8 Å². The summed E-state index contributed by atoms with van der Waals surface area (Å²) in [7, 11) is 3.80. The molecular formula is C17H27N3O3. The number of piperazine rings is 1. The number of rotatable bonds is 7. The van der Waals surface area contributed by atoms with E-state index in [1.807, 2.05) is 54.2 Å². The van der Waals surface area contributed by atoms with Crippen LogP contribution < -0.4 is 4.74 Å². The van der Waals surface area contributed by atoms with E-state index in [9.17, 15) is 9.90 Å². The SMILES string of the molecule is CN(C)CC(=O)N1CCN(C[C@H](O)COc2ccccc2)CC1. The quantitative estimate of drug-likeness (QED) is 0.774. The number of ether oxygens (including phenoxy) is 1. The number of hydrogen-bond donors (Lipinski definition) is 1. The lowest BCUT2D eigenvalue weighted by Crippen LogP contribution is -2.52. The third kappa shape index (κ3) is 6.17. The molecule has 1 aliphatic heterocycles. The minimum absolute atomic E-state index is 0.169. The van der Waals surface area contributed by atoms with Crippen LogP contribution >= 0.6 is 0 Å². The summed E-state index contributed by atoms with van der Waals surface area (Å²) in [6.07, 6.45) is -0.528. The molecule has 23 heavy (non-hydrogen) atoms. The molecule has 1 heterocycles. The Morgan fingerprint density at radius 2 is 1.87 bits per heavy atom. The molecule has 0 aromatic heterocycles. The zero-order chi connectivity index (χ0) is 16.7. The van der Waals surface area contributed by atoms with E-state index in [1.54, 1.807) is 0 Å². The average molecular weight is 321 g/mol. The zero-order valence-electron chi connectivity index (χ0n) is 14.0. The molecule has 2 rings (SSSR count). The van der Waals surface area contributed by atoms with E-state index in [-0.39, 0.29) is 12.5 Å². The van der Waals surface area contributed by atoms with Gasteiger partial charge < -0.3 is 19.6 Å². The molecule has 1 aromatic carbocycles. The van der Waals surface area contributed by atoms with Crippen molar-refractivity contribution in [2.75, 3.05) is 60.0 Å².